The normalized spacial score (nSPS) is 10.7. The zero-order valence-electron chi connectivity index (χ0n) is 11.8. The van der Waals surface area contributed by atoms with Gasteiger partial charge in [-0.15, -0.1) is 0 Å². The molecular formula is C18H12F3N. The summed E-state index contributed by atoms with van der Waals surface area (Å²) in [6.45, 7) is 1.68. The number of aryl methyl sites for hydroxylation is 1. The predicted molar refractivity (Wildman–Crippen MR) is 79.7 cm³/mol. The standard InChI is InChI=1S/C18H12F3N/c1-11-5-6-12(9-16(11)20)17-8-7-13(10-22-17)14-3-2-4-15(19)18(14)21/h2-10H,1H3. The summed E-state index contributed by atoms with van der Waals surface area (Å²) in [5.41, 5.74) is 2.37. The van der Waals surface area contributed by atoms with Crippen molar-refractivity contribution in [3.05, 3.63) is 77.7 Å². The smallest absolute Gasteiger partial charge is 0.166 e. The second-order valence-electron chi connectivity index (χ2n) is 5.00. The third kappa shape index (κ3) is 2.60. The molecule has 3 rings (SSSR count). The molecule has 1 heterocycles. The second kappa shape index (κ2) is 5.64. The Hall–Kier alpha value is -2.62. The van der Waals surface area contributed by atoms with Crippen molar-refractivity contribution in [3.63, 3.8) is 0 Å². The zero-order chi connectivity index (χ0) is 15.7. The van der Waals surface area contributed by atoms with Crippen LogP contribution in [-0.2, 0) is 0 Å². The van der Waals surface area contributed by atoms with Crippen LogP contribution in [0.2, 0.25) is 0 Å². The Balaban J connectivity index is 1.99. The molecule has 0 aliphatic heterocycles. The Morgan fingerprint density at radius 3 is 2.27 bits per heavy atom. The van der Waals surface area contributed by atoms with E-state index >= 15 is 0 Å². The highest BCUT2D eigenvalue weighted by atomic mass is 19.2. The summed E-state index contributed by atoms with van der Waals surface area (Å²) in [6, 6.07) is 12.1. The van der Waals surface area contributed by atoms with Gasteiger partial charge < -0.3 is 0 Å². The predicted octanol–water partition coefficient (Wildman–Crippen LogP) is 5.14. The van der Waals surface area contributed by atoms with Crippen LogP contribution in [-0.4, -0.2) is 4.98 Å². The highest BCUT2D eigenvalue weighted by molar-refractivity contribution is 5.67. The van der Waals surface area contributed by atoms with Gasteiger partial charge in [-0.3, -0.25) is 4.98 Å². The lowest BCUT2D eigenvalue weighted by Gasteiger charge is -2.06. The molecule has 0 aliphatic rings. The van der Waals surface area contributed by atoms with Crippen molar-refractivity contribution >= 4 is 0 Å². The van der Waals surface area contributed by atoms with Crippen LogP contribution >= 0.6 is 0 Å². The molecular weight excluding hydrogens is 287 g/mol. The summed E-state index contributed by atoms with van der Waals surface area (Å²) in [4.78, 5) is 4.21. The van der Waals surface area contributed by atoms with E-state index in [4.69, 9.17) is 0 Å². The third-order valence-electron chi connectivity index (χ3n) is 3.49. The maximum atomic E-state index is 13.8. The van der Waals surface area contributed by atoms with Crippen molar-refractivity contribution in [3.8, 4) is 22.4 Å². The van der Waals surface area contributed by atoms with Crippen molar-refractivity contribution in [1.82, 2.24) is 4.98 Å². The lowest BCUT2D eigenvalue weighted by Crippen LogP contribution is -1.91. The van der Waals surface area contributed by atoms with Crippen LogP contribution in [0.1, 0.15) is 5.56 Å². The van der Waals surface area contributed by atoms with Gasteiger partial charge in [-0.05, 0) is 30.7 Å². The Kier molecular flexibility index (Phi) is 3.67. The second-order valence-corrected chi connectivity index (χ2v) is 5.00. The van der Waals surface area contributed by atoms with Crippen LogP contribution < -0.4 is 0 Å². The van der Waals surface area contributed by atoms with E-state index in [1.807, 2.05) is 0 Å². The molecule has 110 valence electrons. The fourth-order valence-corrected chi connectivity index (χ4v) is 2.20. The molecule has 0 N–H and O–H groups in total. The van der Waals surface area contributed by atoms with E-state index in [1.165, 1.54) is 24.4 Å². The zero-order valence-corrected chi connectivity index (χ0v) is 11.8. The first-order chi connectivity index (χ1) is 10.6. The first-order valence-corrected chi connectivity index (χ1v) is 6.73. The van der Waals surface area contributed by atoms with Gasteiger partial charge in [0.2, 0.25) is 0 Å². The monoisotopic (exact) mass is 299 g/mol. The molecule has 0 amide bonds. The summed E-state index contributed by atoms with van der Waals surface area (Å²) < 4.78 is 40.6. The third-order valence-corrected chi connectivity index (χ3v) is 3.49. The average Bonchev–Trinajstić information content (AvgIpc) is 2.53. The molecule has 0 atom stereocenters. The molecule has 0 fully saturated rings. The molecule has 1 aromatic heterocycles. The Morgan fingerprint density at radius 2 is 1.59 bits per heavy atom. The van der Waals surface area contributed by atoms with Gasteiger partial charge in [0.05, 0.1) is 5.69 Å². The molecule has 1 nitrogen and oxygen atoms in total. The van der Waals surface area contributed by atoms with E-state index in [0.717, 1.165) is 6.07 Å². The van der Waals surface area contributed by atoms with Gasteiger partial charge in [0.1, 0.15) is 5.82 Å². The molecule has 3 aromatic rings. The Labute approximate surface area is 126 Å². The van der Waals surface area contributed by atoms with E-state index in [0.29, 0.717) is 22.4 Å². The Bertz CT molecular complexity index is 826. The minimum Gasteiger partial charge on any atom is -0.256 e. The van der Waals surface area contributed by atoms with E-state index in [2.05, 4.69) is 4.98 Å². The van der Waals surface area contributed by atoms with Crippen molar-refractivity contribution in [2.24, 2.45) is 0 Å². The highest BCUT2D eigenvalue weighted by Crippen LogP contribution is 2.26. The quantitative estimate of drug-likeness (QED) is 0.638. The van der Waals surface area contributed by atoms with Crippen LogP contribution in [0.5, 0.6) is 0 Å². The minimum absolute atomic E-state index is 0.147. The van der Waals surface area contributed by atoms with Crippen molar-refractivity contribution in [2.75, 3.05) is 0 Å². The number of nitrogens with zero attached hydrogens (tertiary/aromatic N) is 1. The van der Waals surface area contributed by atoms with Crippen LogP contribution in [0.15, 0.2) is 54.7 Å². The number of benzene rings is 2. The summed E-state index contributed by atoms with van der Waals surface area (Å²) in [5, 5.41) is 0. The maximum absolute atomic E-state index is 13.8. The number of rotatable bonds is 2. The molecule has 0 unspecified atom stereocenters. The SMILES string of the molecule is Cc1ccc(-c2ccc(-c3cccc(F)c3F)cn2)cc1F. The van der Waals surface area contributed by atoms with Crippen LogP contribution in [0.25, 0.3) is 22.4 Å². The van der Waals surface area contributed by atoms with Gasteiger partial charge >= 0.3 is 0 Å². The average molecular weight is 299 g/mol. The van der Waals surface area contributed by atoms with Gasteiger partial charge in [-0.25, -0.2) is 13.2 Å². The van der Waals surface area contributed by atoms with E-state index in [9.17, 15) is 13.2 Å². The van der Waals surface area contributed by atoms with Gasteiger partial charge in [-0.1, -0.05) is 30.3 Å². The number of aromatic nitrogens is 1. The first-order valence-electron chi connectivity index (χ1n) is 6.73. The van der Waals surface area contributed by atoms with Gasteiger partial charge in [0, 0.05) is 22.9 Å². The maximum Gasteiger partial charge on any atom is 0.166 e. The molecule has 0 saturated heterocycles. The lowest BCUT2D eigenvalue weighted by atomic mass is 10.0. The summed E-state index contributed by atoms with van der Waals surface area (Å²) in [7, 11) is 0. The van der Waals surface area contributed by atoms with Gasteiger partial charge in [0.15, 0.2) is 11.6 Å². The largest absolute Gasteiger partial charge is 0.256 e. The Morgan fingerprint density at radius 1 is 0.818 bits per heavy atom. The van der Waals surface area contributed by atoms with Crippen molar-refractivity contribution in [2.45, 2.75) is 6.92 Å². The molecule has 0 radical (unpaired) electrons. The van der Waals surface area contributed by atoms with E-state index < -0.39 is 11.6 Å². The van der Waals surface area contributed by atoms with Crippen molar-refractivity contribution < 1.29 is 13.2 Å². The fourth-order valence-electron chi connectivity index (χ4n) is 2.20. The minimum atomic E-state index is -0.904. The summed E-state index contributed by atoms with van der Waals surface area (Å²) in [5.74, 6) is -2.11. The number of hydrogen-bond donors (Lipinski definition) is 0. The van der Waals surface area contributed by atoms with Gasteiger partial charge in [0.25, 0.3) is 0 Å². The number of halogens is 3. The van der Waals surface area contributed by atoms with Crippen molar-refractivity contribution in [1.29, 1.82) is 0 Å². The molecule has 2 aromatic carbocycles. The van der Waals surface area contributed by atoms with Crippen LogP contribution in [0.4, 0.5) is 13.2 Å². The molecule has 0 bridgehead atoms. The van der Waals surface area contributed by atoms with E-state index in [-0.39, 0.29) is 11.4 Å². The van der Waals surface area contributed by atoms with Gasteiger partial charge in [-0.2, -0.15) is 0 Å². The number of hydrogen-bond acceptors (Lipinski definition) is 1. The topological polar surface area (TPSA) is 12.9 Å². The fraction of sp³-hybridized carbons (Fsp3) is 0.0556. The number of pyridine rings is 1. The first kappa shape index (κ1) is 14.3. The summed E-state index contributed by atoms with van der Waals surface area (Å²) >= 11 is 0. The van der Waals surface area contributed by atoms with E-state index in [1.54, 1.807) is 31.2 Å². The molecule has 0 saturated carbocycles. The molecule has 4 heteroatoms. The van der Waals surface area contributed by atoms with Crippen LogP contribution in [0.3, 0.4) is 0 Å². The van der Waals surface area contributed by atoms with Crippen LogP contribution in [0, 0.1) is 24.4 Å². The molecule has 22 heavy (non-hydrogen) atoms. The lowest BCUT2D eigenvalue weighted by molar-refractivity contribution is 0.511. The summed E-state index contributed by atoms with van der Waals surface area (Å²) in [6.07, 6.45) is 1.45. The molecule has 0 spiro atoms. The highest BCUT2D eigenvalue weighted by Gasteiger charge is 2.10. The molecule has 0 aliphatic carbocycles.